The van der Waals surface area contributed by atoms with Crippen LogP contribution in [0.4, 0.5) is 0 Å². The van der Waals surface area contributed by atoms with Crippen LogP contribution in [0.5, 0.6) is 5.75 Å². The van der Waals surface area contributed by atoms with Crippen LogP contribution >= 0.6 is 0 Å². The summed E-state index contributed by atoms with van der Waals surface area (Å²) in [6.45, 7) is 3.60. The van der Waals surface area contributed by atoms with Gasteiger partial charge in [0, 0.05) is 24.8 Å². The average molecular weight is 406 g/mol. The van der Waals surface area contributed by atoms with Gasteiger partial charge in [-0.3, -0.25) is 0 Å². The minimum atomic E-state index is -3.21. The van der Waals surface area contributed by atoms with Crippen molar-refractivity contribution in [2.45, 2.75) is 43.9 Å². The Morgan fingerprint density at radius 1 is 1.25 bits per heavy atom. The largest absolute Gasteiger partial charge is 0.493 e. The molecular weight excluding hydrogens is 378 g/mol. The van der Waals surface area contributed by atoms with Crippen molar-refractivity contribution in [3.05, 3.63) is 42.2 Å². The van der Waals surface area contributed by atoms with Gasteiger partial charge in [0.2, 0.25) is 10.0 Å². The van der Waals surface area contributed by atoms with Gasteiger partial charge in [0.1, 0.15) is 5.75 Å². The van der Waals surface area contributed by atoms with Gasteiger partial charge in [-0.2, -0.15) is 5.10 Å². The monoisotopic (exact) mass is 405 g/mol. The summed E-state index contributed by atoms with van der Waals surface area (Å²) < 4.78 is 40.8. The van der Waals surface area contributed by atoms with Gasteiger partial charge >= 0.3 is 0 Å². The number of hydrogen-bond acceptors (Lipinski definition) is 5. The number of rotatable bonds is 8. The third-order valence-corrected chi connectivity index (χ3v) is 7.34. The van der Waals surface area contributed by atoms with Gasteiger partial charge in [-0.25, -0.2) is 17.8 Å². The highest BCUT2D eigenvalue weighted by Crippen LogP contribution is 2.29. The van der Waals surface area contributed by atoms with Crippen molar-refractivity contribution in [1.29, 1.82) is 0 Å². The molecule has 1 aliphatic heterocycles. The summed E-state index contributed by atoms with van der Waals surface area (Å²) in [5.74, 6) is 0.751. The maximum absolute atomic E-state index is 12.3. The zero-order chi connectivity index (χ0) is 19.6. The number of aryl methyl sites for hydroxylation is 1. The van der Waals surface area contributed by atoms with Crippen LogP contribution in [0.3, 0.4) is 0 Å². The van der Waals surface area contributed by atoms with E-state index in [1.165, 1.54) is 5.56 Å². The molecule has 1 saturated heterocycles. The molecule has 2 aromatic rings. The Balaban J connectivity index is 1.35. The fourth-order valence-corrected chi connectivity index (χ4v) is 5.07. The minimum Gasteiger partial charge on any atom is -0.493 e. The number of hydrogen-bond donors (Lipinski definition) is 1. The van der Waals surface area contributed by atoms with Crippen molar-refractivity contribution in [1.82, 2.24) is 14.5 Å². The summed E-state index contributed by atoms with van der Waals surface area (Å²) in [6, 6.07) is 7.62. The Morgan fingerprint density at radius 3 is 2.71 bits per heavy atom. The summed E-state index contributed by atoms with van der Waals surface area (Å²) in [7, 11) is -3.21. The molecule has 8 heteroatoms. The summed E-state index contributed by atoms with van der Waals surface area (Å²) in [4.78, 5) is 0. The van der Waals surface area contributed by atoms with Crippen LogP contribution in [-0.4, -0.2) is 49.3 Å². The third kappa shape index (κ3) is 4.56. The lowest BCUT2D eigenvalue weighted by atomic mass is 9.98. The molecule has 4 rings (SSSR count). The van der Waals surface area contributed by atoms with Crippen LogP contribution in [-0.2, 0) is 21.2 Å². The number of nitrogens with zero attached hydrogens (tertiary/aromatic N) is 2. The van der Waals surface area contributed by atoms with E-state index < -0.39 is 10.0 Å². The first kappa shape index (κ1) is 19.4. The lowest BCUT2D eigenvalue weighted by molar-refractivity contribution is 0.0186. The quantitative estimate of drug-likeness (QED) is 0.729. The third-order valence-electron chi connectivity index (χ3n) is 5.36. The maximum Gasteiger partial charge on any atom is 0.214 e. The van der Waals surface area contributed by atoms with Gasteiger partial charge in [-0.05, 0) is 55.5 Å². The standard InChI is InChI=1S/C20H27N3O4S/c1-2-15-11-21-23(12-15)17-3-5-18(6-4-17)27-14-16-13-26-10-9-20(16)22-28(24,25)19-7-8-19/h3-6,11-12,16,19-20,22H,2,7-10,13-14H2,1H3. The first-order chi connectivity index (χ1) is 13.5. The van der Waals surface area contributed by atoms with Gasteiger partial charge in [0.05, 0.1) is 30.3 Å². The second-order valence-electron chi connectivity index (χ2n) is 7.54. The Hall–Kier alpha value is -1.90. The summed E-state index contributed by atoms with van der Waals surface area (Å²) in [5, 5.41) is 4.16. The summed E-state index contributed by atoms with van der Waals surface area (Å²) >= 11 is 0. The molecule has 2 aliphatic rings. The molecule has 0 bridgehead atoms. The van der Waals surface area contributed by atoms with Crippen molar-refractivity contribution in [2.75, 3.05) is 19.8 Å². The molecule has 0 amide bonds. The number of sulfonamides is 1. The molecule has 1 N–H and O–H groups in total. The van der Waals surface area contributed by atoms with Crippen LogP contribution in [0.2, 0.25) is 0 Å². The molecule has 2 fully saturated rings. The first-order valence-electron chi connectivity index (χ1n) is 9.91. The Bertz CT molecular complexity index is 890. The first-order valence-corrected chi connectivity index (χ1v) is 11.5. The Morgan fingerprint density at radius 2 is 2.04 bits per heavy atom. The average Bonchev–Trinajstić information content (AvgIpc) is 3.47. The van der Waals surface area contributed by atoms with Crippen molar-refractivity contribution in [2.24, 2.45) is 5.92 Å². The number of ether oxygens (including phenoxy) is 2. The van der Waals surface area contributed by atoms with E-state index >= 15 is 0 Å². The molecule has 7 nitrogen and oxygen atoms in total. The van der Waals surface area contributed by atoms with E-state index in [0.717, 1.165) is 30.7 Å². The molecule has 2 atom stereocenters. The van der Waals surface area contributed by atoms with E-state index in [4.69, 9.17) is 9.47 Å². The zero-order valence-electron chi connectivity index (χ0n) is 16.1. The lowest BCUT2D eigenvalue weighted by Crippen LogP contribution is -2.48. The fourth-order valence-electron chi connectivity index (χ4n) is 3.38. The molecule has 1 aromatic carbocycles. The predicted molar refractivity (Wildman–Crippen MR) is 106 cm³/mol. The van der Waals surface area contributed by atoms with Crippen molar-refractivity contribution < 1.29 is 17.9 Å². The molecule has 2 unspecified atom stereocenters. The molecule has 1 aromatic heterocycles. The van der Waals surface area contributed by atoms with E-state index in [0.29, 0.717) is 26.2 Å². The number of aromatic nitrogens is 2. The van der Waals surface area contributed by atoms with Gasteiger partial charge < -0.3 is 9.47 Å². The minimum absolute atomic E-state index is 0.000166. The second kappa shape index (κ2) is 8.23. The smallest absolute Gasteiger partial charge is 0.214 e. The highest BCUT2D eigenvalue weighted by Gasteiger charge is 2.39. The Kier molecular flexibility index (Phi) is 5.70. The van der Waals surface area contributed by atoms with Crippen molar-refractivity contribution in [3.63, 3.8) is 0 Å². The molecule has 1 aliphatic carbocycles. The van der Waals surface area contributed by atoms with Crippen LogP contribution in [0.1, 0.15) is 31.7 Å². The topological polar surface area (TPSA) is 82.4 Å². The maximum atomic E-state index is 12.3. The highest BCUT2D eigenvalue weighted by molar-refractivity contribution is 7.90. The van der Waals surface area contributed by atoms with Crippen LogP contribution < -0.4 is 9.46 Å². The summed E-state index contributed by atoms with van der Waals surface area (Å²) in [5.41, 5.74) is 2.17. The molecule has 152 valence electrons. The lowest BCUT2D eigenvalue weighted by Gasteiger charge is -2.31. The van der Waals surface area contributed by atoms with Gasteiger partial charge in [0.15, 0.2) is 0 Å². The molecular formula is C20H27N3O4S. The molecule has 2 heterocycles. The Labute approximate surface area is 166 Å². The van der Waals surface area contributed by atoms with E-state index in [9.17, 15) is 8.42 Å². The second-order valence-corrected chi connectivity index (χ2v) is 9.54. The van der Waals surface area contributed by atoms with Crippen molar-refractivity contribution >= 4 is 10.0 Å². The van der Waals surface area contributed by atoms with E-state index in [-0.39, 0.29) is 17.2 Å². The normalized spacial score (nSPS) is 22.9. The molecule has 0 radical (unpaired) electrons. The SMILES string of the molecule is CCc1cnn(-c2ccc(OCC3COCCC3NS(=O)(=O)C3CC3)cc2)c1. The van der Waals surface area contributed by atoms with Crippen molar-refractivity contribution in [3.8, 4) is 11.4 Å². The molecule has 28 heavy (non-hydrogen) atoms. The fraction of sp³-hybridized carbons (Fsp3) is 0.550. The van der Waals surface area contributed by atoms with Gasteiger partial charge in [-0.1, -0.05) is 6.92 Å². The van der Waals surface area contributed by atoms with Crippen LogP contribution in [0.25, 0.3) is 5.69 Å². The van der Waals surface area contributed by atoms with E-state index in [2.05, 4.69) is 16.7 Å². The van der Waals surface area contributed by atoms with Gasteiger partial charge in [-0.15, -0.1) is 0 Å². The highest BCUT2D eigenvalue weighted by atomic mass is 32.2. The zero-order valence-corrected chi connectivity index (χ0v) is 16.9. The molecule has 0 spiro atoms. The predicted octanol–water partition coefficient (Wildman–Crippen LogP) is 2.30. The van der Waals surface area contributed by atoms with E-state index in [1.807, 2.05) is 41.3 Å². The van der Waals surface area contributed by atoms with Crippen LogP contribution in [0, 0.1) is 5.92 Å². The number of nitrogens with one attached hydrogen (secondary N) is 1. The van der Waals surface area contributed by atoms with E-state index in [1.54, 1.807) is 0 Å². The van der Waals surface area contributed by atoms with Crippen LogP contribution in [0.15, 0.2) is 36.7 Å². The molecule has 1 saturated carbocycles. The number of benzene rings is 1. The summed E-state index contributed by atoms with van der Waals surface area (Å²) in [6.07, 6.45) is 7.06. The van der Waals surface area contributed by atoms with Gasteiger partial charge in [0.25, 0.3) is 0 Å².